The van der Waals surface area contributed by atoms with Gasteiger partial charge in [-0.3, -0.25) is 0 Å². The number of aliphatic hydroxyl groups is 1. The first kappa shape index (κ1) is 20.6. The van der Waals surface area contributed by atoms with E-state index in [9.17, 15) is 27.2 Å². The van der Waals surface area contributed by atoms with Crippen LogP contribution in [0.1, 0.15) is 38.9 Å². The number of pyridine rings is 1. The highest BCUT2D eigenvalue weighted by Crippen LogP contribution is 2.30. The van der Waals surface area contributed by atoms with Crippen molar-refractivity contribution in [2.24, 2.45) is 0 Å². The highest BCUT2D eigenvalue weighted by Gasteiger charge is 2.42. The molecular weight excluding hydrogens is 404 g/mol. The third-order valence-corrected chi connectivity index (χ3v) is 4.86. The Morgan fingerprint density at radius 3 is 2.39 bits per heavy atom. The average Bonchev–Trinajstić information content (AvgIpc) is 2.38. The lowest BCUT2D eigenvalue weighted by Gasteiger charge is -2.29. The van der Waals surface area contributed by atoms with Crippen LogP contribution in [0.2, 0.25) is 0 Å². The summed E-state index contributed by atoms with van der Waals surface area (Å²) < 4.78 is 65.7. The number of alkyl halides is 3. The maximum atomic E-state index is 13.9. The predicted molar refractivity (Wildman–Crippen MR) is 82.3 cm³/mol. The van der Waals surface area contributed by atoms with Crippen molar-refractivity contribution in [2.45, 2.75) is 50.3 Å². The van der Waals surface area contributed by atoms with Gasteiger partial charge in [0.2, 0.25) is 0 Å². The van der Waals surface area contributed by atoms with Crippen molar-refractivity contribution < 1.29 is 27.2 Å². The van der Waals surface area contributed by atoms with Gasteiger partial charge in [0.1, 0.15) is 21.2 Å². The minimum absolute atomic E-state index is 0.212. The molecule has 1 aromatic rings. The Kier molecular flexibility index (Phi) is 6.85. The van der Waals surface area contributed by atoms with Crippen LogP contribution < -0.4 is 4.72 Å². The molecule has 2 N–H and O–H groups in total. The topological polar surface area (TPSA) is 68.2 Å². The summed E-state index contributed by atoms with van der Waals surface area (Å²) in [5.74, 6) is -0.856. The summed E-state index contributed by atoms with van der Waals surface area (Å²) in [5, 5.41) is 9.27. The molecule has 132 valence electrons. The number of hydrogen-bond donors (Lipinski definition) is 2. The fourth-order valence-electron chi connectivity index (χ4n) is 1.56. The van der Waals surface area contributed by atoms with Gasteiger partial charge in [0.05, 0.1) is 5.69 Å². The molecule has 0 aromatic carbocycles. The number of aromatic nitrogens is 1. The van der Waals surface area contributed by atoms with E-state index in [0.29, 0.717) is 0 Å². The molecule has 0 bridgehead atoms. The Hall–Kier alpha value is -0.420. The van der Waals surface area contributed by atoms with Crippen LogP contribution >= 0.6 is 15.9 Å². The highest BCUT2D eigenvalue weighted by molar-refractivity contribution is 9.10. The SMILES string of the molecule is CC(C)(C)[S@@+]([O-])N[C@H](C[C@@H](O)C(F)(F)F)c1nc(Br)ccc1F. The number of nitrogens with zero attached hydrogens (tertiary/aromatic N) is 1. The summed E-state index contributed by atoms with van der Waals surface area (Å²) in [5.41, 5.74) is -0.347. The summed E-state index contributed by atoms with van der Waals surface area (Å²) in [4.78, 5) is 3.81. The molecule has 23 heavy (non-hydrogen) atoms. The molecule has 0 saturated heterocycles. The fraction of sp³-hybridized carbons (Fsp3) is 0.615. The van der Waals surface area contributed by atoms with Crippen LogP contribution in [0.15, 0.2) is 16.7 Å². The van der Waals surface area contributed by atoms with Crippen molar-refractivity contribution in [3.63, 3.8) is 0 Å². The van der Waals surface area contributed by atoms with Gasteiger partial charge in [-0.25, -0.2) is 9.37 Å². The van der Waals surface area contributed by atoms with Crippen LogP contribution in [0.3, 0.4) is 0 Å². The first-order valence-electron chi connectivity index (χ1n) is 6.57. The largest absolute Gasteiger partial charge is 0.598 e. The van der Waals surface area contributed by atoms with Gasteiger partial charge in [0.25, 0.3) is 0 Å². The second-order valence-corrected chi connectivity index (χ2v) is 8.66. The Bertz CT molecular complexity index is 518. The molecule has 0 unspecified atom stereocenters. The van der Waals surface area contributed by atoms with Gasteiger partial charge in [0, 0.05) is 17.8 Å². The molecule has 0 aliphatic carbocycles. The first-order valence-corrected chi connectivity index (χ1v) is 8.51. The van der Waals surface area contributed by atoms with Gasteiger partial charge >= 0.3 is 6.18 Å². The van der Waals surface area contributed by atoms with Crippen LogP contribution in [0, 0.1) is 5.82 Å². The van der Waals surface area contributed by atoms with Gasteiger partial charge in [0.15, 0.2) is 6.10 Å². The van der Waals surface area contributed by atoms with Crippen molar-refractivity contribution in [1.29, 1.82) is 0 Å². The smallest absolute Gasteiger partial charge is 0.414 e. The lowest BCUT2D eigenvalue weighted by Crippen LogP contribution is -2.44. The van der Waals surface area contributed by atoms with Crippen LogP contribution in [0.4, 0.5) is 17.6 Å². The monoisotopic (exact) mass is 420 g/mol. The molecule has 10 heteroatoms. The molecule has 3 atom stereocenters. The molecule has 0 aliphatic heterocycles. The Balaban J connectivity index is 3.13. The molecule has 0 fully saturated rings. The van der Waals surface area contributed by atoms with Crippen LogP contribution in [-0.2, 0) is 11.4 Å². The third-order valence-electron chi connectivity index (χ3n) is 2.81. The molecular formula is C13H17BrF4N2O2S. The Labute approximate surface area is 143 Å². The average molecular weight is 421 g/mol. The maximum absolute atomic E-state index is 13.9. The summed E-state index contributed by atoms with van der Waals surface area (Å²) in [6, 6.07) is 0.946. The highest BCUT2D eigenvalue weighted by atomic mass is 79.9. The van der Waals surface area contributed by atoms with E-state index in [0.717, 1.165) is 6.07 Å². The molecule has 1 rings (SSSR count). The minimum atomic E-state index is -4.87. The molecule has 0 amide bonds. The van der Waals surface area contributed by atoms with Crippen molar-refractivity contribution in [3.05, 3.63) is 28.2 Å². The van der Waals surface area contributed by atoms with E-state index in [1.54, 1.807) is 20.8 Å². The fourth-order valence-corrected chi connectivity index (χ4v) is 2.70. The zero-order valence-corrected chi connectivity index (χ0v) is 15.0. The van der Waals surface area contributed by atoms with Gasteiger partial charge in [-0.2, -0.15) is 13.2 Å². The van der Waals surface area contributed by atoms with Crippen molar-refractivity contribution in [1.82, 2.24) is 9.71 Å². The summed E-state index contributed by atoms with van der Waals surface area (Å²) in [6.45, 7) is 4.83. The zero-order valence-electron chi connectivity index (χ0n) is 12.6. The first-order chi connectivity index (χ1) is 10.3. The summed E-state index contributed by atoms with van der Waals surface area (Å²) in [7, 11) is 0. The summed E-state index contributed by atoms with van der Waals surface area (Å²) in [6.07, 6.45) is -8.48. The maximum Gasteiger partial charge on any atom is 0.414 e. The minimum Gasteiger partial charge on any atom is -0.598 e. The standard InChI is InChI=1S/C13H17BrF4N2O2S/c1-12(2,3)23(22)20-8(6-9(21)13(16,17)18)11-7(15)4-5-10(14)19-11/h4-5,8-9,20-21H,6H2,1-3H3/t8-,9-,23-/m1/s1. The van der Waals surface area contributed by atoms with E-state index in [4.69, 9.17) is 0 Å². The van der Waals surface area contributed by atoms with Gasteiger partial charge in [-0.1, -0.05) is 0 Å². The third kappa shape index (κ3) is 6.18. The molecule has 0 radical (unpaired) electrons. The van der Waals surface area contributed by atoms with E-state index in [2.05, 4.69) is 25.6 Å². The molecule has 4 nitrogen and oxygen atoms in total. The van der Waals surface area contributed by atoms with Gasteiger partial charge in [-0.15, -0.1) is 4.72 Å². The normalized spacial score (nSPS) is 17.0. The molecule has 1 aromatic heterocycles. The lowest BCUT2D eigenvalue weighted by molar-refractivity contribution is -0.207. The van der Waals surface area contributed by atoms with E-state index >= 15 is 0 Å². The number of aliphatic hydroxyl groups excluding tert-OH is 1. The predicted octanol–water partition coefficient (Wildman–Crippen LogP) is 3.39. The zero-order chi connectivity index (χ0) is 18.0. The van der Waals surface area contributed by atoms with Crippen molar-refractivity contribution in [3.8, 4) is 0 Å². The second-order valence-electron chi connectivity index (χ2n) is 5.85. The van der Waals surface area contributed by atoms with Crippen LogP contribution in [0.5, 0.6) is 0 Å². The van der Waals surface area contributed by atoms with Crippen molar-refractivity contribution in [2.75, 3.05) is 0 Å². The van der Waals surface area contributed by atoms with Crippen LogP contribution in [0.25, 0.3) is 0 Å². The van der Waals surface area contributed by atoms with E-state index in [1.165, 1.54) is 6.07 Å². The molecule has 0 spiro atoms. The van der Waals surface area contributed by atoms with Crippen LogP contribution in [-0.4, -0.2) is 31.7 Å². The quantitative estimate of drug-likeness (QED) is 0.435. The number of rotatable bonds is 5. The van der Waals surface area contributed by atoms with Gasteiger partial charge in [-0.05, 0) is 48.8 Å². The van der Waals surface area contributed by atoms with Crippen molar-refractivity contribution >= 4 is 27.3 Å². The Morgan fingerprint density at radius 2 is 1.91 bits per heavy atom. The molecule has 1 heterocycles. The van der Waals surface area contributed by atoms with E-state index < -0.39 is 46.7 Å². The lowest BCUT2D eigenvalue weighted by atomic mass is 10.1. The van der Waals surface area contributed by atoms with E-state index in [1.807, 2.05) is 0 Å². The molecule has 0 saturated carbocycles. The Morgan fingerprint density at radius 1 is 1.35 bits per heavy atom. The van der Waals surface area contributed by atoms with E-state index in [-0.39, 0.29) is 10.3 Å². The number of hydrogen-bond acceptors (Lipinski definition) is 4. The molecule has 0 aliphatic rings. The number of nitrogens with one attached hydrogen (secondary N) is 1. The second kappa shape index (κ2) is 7.64. The number of halogens is 5. The summed E-state index contributed by atoms with van der Waals surface area (Å²) >= 11 is 1.23. The van der Waals surface area contributed by atoms with Gasteiger partial charge < -0.3 is 9.66 Å².